The normalized spacial score (nSPS) is 23.4. The number of alkyl halides is 3. The lowest BCUT2D eigenvalue weighted by Gasteiger charge is -2.41. The summed E-state index contributed by atoms with van der Waals surface area (Å²) >= 11 is 1.45. The number of hydrogen-bond donors (Lipinski definition) is 2. The molecule has 41 heavy (non-hydrogen) atoms. The van der Waals surface area contributed by atoms with Crippen molar-refractivity contribution in [3.63, 3.8) is 0 Å². The molecule has 1 aliphatic heterocycles. The molecule has 2 aliphatic rings. The molecule has 1 unspecified atom stereocenters. The number of anilines is 1. The van der Waals surface area contributed by atoms with E-state index in [1.807, 2.05) is 5.38 Å². The summed E-state index contributed by atoms with van der Waals surface area (Å²) in [6, 6.07) is 10.9. The number of nitrogens with one attached hydrogen (secondary N) is 2. The number of aromatic nitrogens is 1. The van der Waals surface area contributed by atoms with Crippen molar-refractivity contribution in [2.24, 2.45) is 5.92 Å². The van der Waals surface area contributed by atoms with E-state index in [2.05, 4.69) is 15.6 Å². The number of hydrogen-bond acceptors (Lipinski definition) is 7. The minimum atomic E-state index is -4.60. The molecule has 5 rings (SSSR count). The van der Waals surface area contributed by atoms with E-state index in [0.29, 0.717) is 25.8 Å². The number of rotatable bonds is 8. The zero-order valence-electron chi connectivity index (χ0n) is 21.9. The Labute approximate surface area is 239 Å². The van der Waals surface area contributed by atoms with Crippen LogP contribution in [0.25, 0.3) is 0 Å². The third-order valence-electron chi connectivity index (χ3n) is 7.64. The van der Waals surface area contributed by atoms with Crippen molar-refractivity contribution in [3.05, 3.63) is 77.3 Å². The zero-order valence-corrected chi connectivity index (χ0v) is 23.5. The number of thiazole rings is 1. The van der Waals surface area contributed by atoms with Crippen molar-refractivity contribution in [1.82, 2.24) is 15.2 Å². The minimum Gasteiger partial charge on any atom is -0.359 e. The van der Waals surface area contributed by atoms with E-state index >= 15 is 0 Å². The first-order chi connectivity index (χ1) is 19.5. The number of carbonyl (C=O) groups is 2. The number of benzene rings is 2. The van der Waals surface area contributed by atoms with E-state index in [-0.39, 0.29) is 46.5 Å². The second-order valence-electron chi connectivity index (χ2n) is 10.3. The number of sulfone groups is 1. The van der Waals surface area contributed by atoms with Gasteiger partial charge in [-0.2, -0.15) is 13.2 Å². The summed E-state index contributed by atoms with van der Waals surface area (Å²) in [7, 11) is -3.65. The van der Waals surface area contributed by atoms with E-state index < -0.39 is 33.5 Å². The molecule has 2 amide bonds. The van der Waals surface area contributed by atoms with Gasteiger partial charge in [0.1, 0.15) is 6.04 Å². The molecule has 2 N–H and O–H groups in total. The van der Waals surface area contributed by atoms with Crippen LogP contribution in [0, 0.1) is 5.92 Å². The van der Waals surface area contributed by atoms with E-state index in [4.69, 9.17) is 0 Å². The first kappa shape index (κ1) is 29.1. The Balaban J connectivity index is 1.31. The van der Waals surface area contributed by atoms with Crippen LogP contribution in [0.1, 0.15) is 41.6 Å². The number of carbonyl (C=O) groups excluding carboxylic acids is 2. The first-order valence-corrected chi connectivity index (χ1v) is 15.8. The highest BCUT2D eigenvalue weighted by Gasteiger charge is 2.44. The van der Waals surface area contributed by atoms with Crippen LogP contribution in [0.5, 0.6) is 0 Å². The highest BCUT2D eigenvalue weighted by molar-refractivity contribution is 7.91. The third-order valence-corrected chi connectivity index (χ3v) is 10.2. The van der Waals surface area contributed by atoms with Crippen LogP contribution < -0.4 is 10.6 Å². The Bertz CT molecular complexity index is 1480. The molecule has 1 aromatic heterocycles. The van der Waals surface area contributed by atoms with Crippen LogP contribution in [0.3, 0.4) is 0 Å². The van der Waals surface area contributed by atoms with Crippen molar-refractivity contribution < 1.29 is 31.2 Å². The van der Waals surface area contributed by atoms with E-state index in [1.165, 1.54) is 17.4 Å². The first-order valence-electron chi connectivity index (χ1n) is 13.2. The SMILES string of the molecule is O=C(NC1CCN([C@H]2CC[C@@H](Nc3nccs3)C[C@H]2CS(=O)(=O)c2ccccc2)C1=O)c1cccc(C(F)(F)F)c1. The van der Waals surface area contributed by atoms with Crippen LogP contribution in [-0.4, -0.2) is 60.5 Å². The summed E-state index contributed by atoms with van der Waals surface area (Å²) in [5.74, 6) is -1.66. The molecule has 218 valence electrons. The van der Waals surface area contributed by atoms with E-state index in [9.17, 15) is 31.2 Å². The Hall–Kier alpha value is -3.45. The molecule has 0 spiro atoms. The maximum absolute atomic E-state index is 13.5. The lowest BCUT2D eigenvalue weighted by Crippen LogP contribution is -2.51. The van der Waals surface area contributed by atoms with Gasteiger partial charge in [0.25, 0.3) is 5.91 Å². The smallest absolute Gasteiger partial charge is 0.359 e. The van der Waals surface area contributed by atoms with Crippen molar-refractivity contribution in [2.75, 3.05) is 17.6 Å². The highest BCUT2D eigenvalue weighted by atomic mass is 32.2. The maximum Gasteiger partial charge on any atom is 0.416 e. The average molecular weight is 607 g/mol. The predicted molar refractivity (Wildman–Crippen MR) is 148 cm³/mol. The summed E-state index contributed by atoms with van der Waals surface area (Å²) in [5.41, 5.74) is -1.14. The fourth-order valence-electron chi connectivity index (χ4n) is 5.69. The van der Waals surface area contributed by atoms with Crippen LogP contribution >= 0.6 is 11.3 Å². The average Bonchev–Trinajstić information content (AvgIpc) is 3.58. The molecule has 0 radical (unpaired) electrons. The standard InChI is InChI=1S/C28H29F3N4O4S2/c29-28(30,31)20-6-4-5-18(15-20)25(36)34-23-11-13-35(26(23)37)24-10-9-21(33-27-32-12-14-40-27)16-19(24)17-41(38,39)22-7-2-1-3-8-22/h1-8,12,14-15,19,21,23-24H,9-11,13,16-17H2,(H,32,33)(H,34,36)/t19-,21+,23?,24-/m0/s1. The molecule has 13 heteroatoms. The minimum absolute atomic E-state index is 0.0255. The van der Waals surface area contributed by atoms with Gasteiger partial charge in [0, 0.05) is 35.8 Å². The third kappa shape index (κ3) is 6.72. The molecule has 1 saturated heterocycles. The second kappa shape index (κ2) is 11.8. The van der Waals surface area contributed by atoms with E-state index in [1.54, 1.807) is 41.4 Å². The van der Waals surface area contributed by atoms with Gasteiger partial charge in [-0.15, -0.1) is 11.3 Å². The van der Waals surface area contributed by atoms with Crippen molar-refractivity contribution in [3.8, 4) is 0 Å². The van der Waals surface area contributed by atoms with Crippen LogP contribution in [0.4, 0.5) is 18.3 Å². The summed E-state index contributed by atoms with van der Waals surface area (Å²) in [6.07, 6.45) is -0.888. The molecule has 1 saturated carbocycles. The van der Waals surface area contributed by atoms with Crippen LogP contribution in [0.2, 0.25) is 0 Å². The fourth-order valence-corrected chi connectivity index (χ4v) is 7.98. The Morgan fingerprint density at radius 1 is 1.07 bits per heavy atom. The lowest BCUT2D eigenvalue weighted by atomic mass is 9.81. The Kier molecular flexibility index (Phi) is 8.37. The molecule has 8 nitrogen and oxygen atoms in total. The summed E-state index contributed by atoms with van der Waals surface area (Å²) in [5, 5.41) is 8.56. The molecule has 1 aliphatic carbocycles. The van der Waals surface area contributed by atoms with Crippen LogP contribution in [0.15, 0.2) is 71.1 Å². The summed E-state index contributed by atoms with van der Waals surface area (Å²) in [6.45, 7) is 0.309. The van der Waals surface area contributed by atoms with Gasteiger partial charge in [0.05, 0.1) is 16.2 Å². The van der Waals surface area contributed by atoms with Crippen molar-refractivity contribution >= 4 is 38.1 Å². The Morgan fingerprint density at radius 2 is 1.85 bits per heavy atom. The fraction of sp³-hybridized carbons (Fsp3) is 0.393. The number of nitrogens with zero attached hydrogens (tertiary/aromatic N) is 2. The summed E-state index contributed by atoms with van der Waals surface area (Å²) in [4.78, 5) is 32.4. The highest BCUT2D eigenvalue weighted by Crippen LogP contribution is 2.35. The Morgan fingerprint density at radius 3 is 2.56 bits per heavy atom. The van der Waals surface area contributed by atoms with E-state index in [0.717, 1.165) is 23.3 Å². The number of likely N-dealkylation sites (tertiary alicyclic amines) is 1. The largest absolute Gasteiger partial charge is 0.416 e. The molecule has 4 atom stereocenters. The van der Waals surface area contributed by atoms with Gasteiger partial charge >= 0.3 is 6.18 Å². The van der Waals surface area contributed by atoms with Gasteiger partial charge in [0.2, 0.25) is 5.91 Å². The van der Waals surface area contributed by atoms with Gasteiger partial charge in [-0.25, -0.2) is 13.4 Å². The lowest BCUT2D eigenvalue weighted by molar-refractivity contribution is -0.137. The van der Waals surface area contributed by atoms with Gasteiger partial charge < -0.3 is 15.5 Å². The van der Waals surface area contributed by atoms with Crippen molar-refractivity contribution in [2.45, 2.75) is 54.9 Å². The number of halogens is 3. The maximum atomic E-state index is 13.5. The monoisotopic (exact) mass is 606 g/mol. The topological polar surface area (TPSA) is 108 Å². The van der Waals surface area contributed by atoms with Gasteiger partial charge in [-0.05, 0) is 61.9 Å². The summed E-state index contributed by atoms with van der Waals surface area (Å²) < 4.78 is 66.0. The number of amides is 2. The molecular formula is C28H29F3N4O4S2. The molecular weight excluding hydrogens is 577 g/mol. The molecule has 0 bridgehead atoms. The molecule has 3 aromatic rings. The molecule has 2 aromatic carbocycles. The molecule has 2 heterocycles. The predicted octanol–water partition coefficient (Wildman–Crippen LogP) is 4.62. The zero-order chi connectivity index (χ0) is 29.2. The quantitative estimate of drug-likeness (QED) is 0.388. The van der Waals surface area contributed by atoms with Crippen molar-refractivity contribution in [1.29, 1.82) is 0 Å². The van der Waals surface area contributed by atoms with Gasteiger partial charge in [-0.3, -0.25) is 9.59 Å². The molecule has 2 fully saturated rings. The van der Waals surface area contributed by atoms with Gasteiger partial charge in [0.15, 0.2) is 15.0 Å². The van der Waals surface area contributed by atoms with Gasteiger partial charge in [-0.1, -0.05) is 24.3 Å². The van der Waals surface area contributed by atoms with Crippen LogP contribution in [-0.2, 0) is 20.8 Å². The second-order valence-corrected chi connectivity index (χ2v) is 13.3.